The predicted octanol–water partition coefficient (Wildman–Crippen LogP) is 9.18. The number of pyridine rings is 1. The van der Waals surface area contributed by atoms with Crippen molar-refractivity contribution in [3.05, 3.63) is 95.6 Å². The first-order valence-electron chi connectivity index (χ1n) is 14.0. The fourth-order valence-electron chi connectivity index (χ4n) is 5.98. The summed E-state index contributed by atoms with van der Waals surface area (Å²) in [6.07, 6.45) is 0. The summed E-state index contributed by atoms with van der Waals surface area (Å²) in [7, 11) is 0.580. The molecule has 0 amide bonds. The Kier molecular flexibility index (Phi) is 6.04. The Morgan fingerprint density at radius 1 is 0.744 bits per heavy atom. The highest BCUT2D eigenvalue weighted by atomic mass is 28.3. The van der Waals surface area contributed by atoms with Gasteiger partial charge in [-0.15, -0.1) is 0 Å². The molecular weight excluding hydrogens is 490 g/mol. The van der Waals surface area contributed by atoms with Crippen molar-refractivity contribution in [1.29, 1.82) is 0 Å². The average molecular weight is 529 g/mol. The van der Waals surface area contributed by atoms with Crippen LogP contribution in [0.15, 0.2) is 83.3 Å². The highest BCUT2D eigenvalue weighted by Crippen LogP contribution is 2.40. The minimum Gasteiger partial charge on any atom is -0.455 e. The highest BCUT2D eigenvalue weighted by molar-refractivity contribution is 6.90. The van der Waals surface area contributed by atoms with Crippen LogP contribution in [0.2, 0.25) is 19.6 Å². The van der Waals surface area contributed by atoms with Crippen LogP contribution in [-0.4, -0.2) is 8.07 Å². The molecule has 0 aliphatic rings. The number of fused-ring (bicyclic) bond motifs is 4. The minimum atomic E-state index is -1.62. The number of benzene rings is 4. The van der Waals surface area contributed by atoms with Crippen molar-refractivity contribution < 1.29 is 8.98 Å². The number of para-hydroxylation sites is 1. The summed E-state index contributed by atoms with van der Waals surface area (Å²) < 4.78 is 9.14. The molecule has 196 valence electrons. The highest BCUT2D eigenvalue weighted by Gasteiger charge is 2.29. The Labute approximate surface area is 232 Å². The zero-order chi connectivity index (χ0) is 27.6. The van der Waals surface area contributed by atoms with E-state index in [0.717, 1.165) is 11.2 Å². The van der Waals surface area contributed by atoms with Crippen LogP contribution >= 0.6 is 0 Å². The molecule has 0 N–H and O–H groups in total. The van der Waals surface area contributed by atoms with Gasteiger partial charge in [0.15, 0.2) is 0 Å². The largest absolute Gasteiger partial charge is 0.455 e. The van der Waals surface area contributed by atoms with E-state index in [9.17, 15) is 0 Å². The van der Waals surface area contributed by atoms with Crippen molar-refractivity contribution in [2.24, 2.45) is 7.05 Å². The van der Waals surface area contributed by atoms with Gasteiger partial charge in [0.25, 0.3) is 0 Å². The van der Waals surface area contributed by atoms with Gasteiger partial charge in [-0.2, -0.15) is 4.57 Å². The second kappa shape index (κ2) is 9.20. The Morgan fingerprint density at radius 3 is 2.13 bits per heavy atom. The molecule has 2 aromatic heterocycles. The van der Waals surface area contributed by atoms with Gasteiger partial charge in [-0.25, -0.2) is 0 Å². The maximum absolute atomic E-state index is 6.79. The van der Waals surface area contributed by atoms with E-state index in [1.54, 1.807) is 0 Å². The summed E-state index contributed by atoms with van der Waals surface area (Å²) in [6, 6.07) is 29.2. The molecule has 0 bridgehead atoms. The summed E-state index contributed by atoms with van der Waals surface area (Å²) in [5.41, 5.74) is 11.9. The molecule has 0 saturated heterocycles. The topological polar surface area (TPSA) is 17.0 Å². The molecule has 0 radical (unpaired) electrons. The first-order chi connectivity index (χ1) is 18.5. The lowest BCUT2D eigenvalue weighted by atomic mass is 9.95. The lowest BCUT2D eigenvalue weighted by Gasteiger charge is -2.20. The first-order valence-corrected chi connectivity index (χ1v) is 17.5. The van der Waals surface area contributed by atoms with Crippen molar-refractivity contribution in [3.8, 4) is 22.4 Å². The van der Waals surface area contributed by atoms with Gasteiger partial charge in [-0.1, -0.05) is 76.0 Å². The molecule has 2 nitrogen and oxygen atoms in total. The molecule has 0 saturated carbocycles. The normalized spacial score (nSPS) is 12.3. The third kappa shape index (κ3) is 4.20. The van der Waals surface area contributed by atoms with E-state index in [1.165, 1.54) is 65.9 Å². The van der Waals surface area contributed by atoms with Crippen LogP contribution in [0.3, 0.4) is 0 Å². The smallest absolute Gasteiger partial charge is 0.216 e. The summed E-state index contributed by atoms with van der Waals surface area (Å²) in [5, 5.41) is 5.21. The van der Waals surface area contributed by atoms with Crippen LogP contribution in [0.25, 0.3) is 55.2 Å². The van der Waals surface area contributed by atoms with E-state index in [-0.39, 0.29) is 0 Å². The molecular formula is C36H38NOSi+. The first kappa shape index (κ1) is 25.6. The van der Waals surface area contributed by atoms with E-state index in [2.05, 4.69) is 138 Å². The van der Waals surface area contributed by atoms with Crippen molar-refractivity contribution in [2.45, 2.75) is 53.3 Å². The van der Waals surface area contributed by atoms with Crippen LogP contribution in [0, 0.1) is 13.8 Å². The zero-order valence-corrected chi connectivity index (χ0v) is 25.4. The molecule has 39 heavy (non-hydrogen) atoms. The fraction of sp³-hybridized carbons (Fsp3) is 0.250. The second-order valence-corrected chi connectivity index (χ2v) is 17.5. The summed E-state index contributed by atoms with van der Waals surface area (Å²) in [5.74, 6) is 0.528. The van der Waals surface area contributed by atoms with Gasteiger partial charge in [-0.3, -0.25) is 0 Å². The number of furan rings is 1. The number of aromatic nitrogens is 1. The third-order valence-electron chi connectivity index (χ3n) is 8.46. The van der Waals surface area contributed by atoms with Gasteiger partial charge >= 0.3 is 0 Å². The van der Waals surface area contributed by atoms with Crippen molar-refractivity contribution in [3.63, 3.8) is 0 Å². The Morgan fingerprint density at radius 2 is 1.44 bits per heavy atom. The molecule has 2 heterocycles. The monoisotopic (exact) mass is 528 g/mol. The lowest BCUT2D eigenvalue weighted by Crippen LogP contribution is -2.43. The Balaban J connectivity index is 1.62. The van der Waals surface area contributed by atoms with E-state index < -0.39 is 8.07 Å². The van der Waals surface area contributed by atoms with Crippen molar-refractivity contribution >= 4 is 46.1 Å². The second-order valence-electron chi connectivity index (χ2n) is 12.4. The fourth-order valence-corrected chi connectivity index (χ4v) is 7.57. The molecule has 3 heteroatoms. The van der Waals surface area contributed by atoms with Gasteiger partial charge in [0, 0.05) is 28.3 Å². The minimum absolute atomic E-state index is 0.528. The predicted molar refractivity (Wildman–Crippen MR) is 170 cm³/mol. The van der Waals surface area contributed by atoms with Gasteiger partial charge in [0.1, 0.15) is 18.2 Å². The molecule has 0 fully saturated rings. The molecule has 0 spiro atoms. The number of rotatable bonds is 4. The van der Waals surface area contributed by atoms with Crippen molar-refractivity contribution in [1.82, 2.24) is 0 Å². The van der Waals surface area contributed by atoms with Gasteiger partial charge in [0.2, 0.25) is 11.2 Å². The standard InChI is InChI=1S/C36H38NOSi/c1-22(2)25-13-15-26(16-14-25)27-17-18-28-30-19-23(3)24(4)35(36(30)38-33(28)20-27)32-21-34(39(6,7)8)29-11-9-10-12-31(29)37(32)5/h9-22H,1-8H3/q+1. The van der Waals surface area contributed by atoms with E-state index in [4.69, 9.17) is 4.42 Å². The lowest BCUT2D eigenvalue weighted by molar-refractivity contribution is -0.633. The van der Waals surface area contributed by atoms with Crippen LogP contribution in [0.1, 0.15) is 36.5 Å². The Hall–Kier alpha value is -3.69. The maximum atomic E-state index is 6.79. The van der Waals surface area contributed by atoms with Crippen LogP contribution in [0.4, 0.5) is 0 Å². The molecule has 0 atom stereocenters. The molecule has 0 aliphatic heterocycles. The molecule has 6 rings (SSSR count). The molecule has 0 aliphatic carbocycles. The van der Waals surface area contributed by atoms with E-state index >= 15 is 0 Å². The SMILES string of the molecule is Cc1cc2c(oc3cc(-c4ccc(C(C)C)cc4)ccc32)c(-c2cc([Si](C)(C)C)c3ccccc3[n+]2C)c1C. The maximum Gasteiger partial charge on any atom is 0.216 e. The van der Waals surface area contributed by atoms with Crippen LogP contribution in [-0.2, 0) is 7.05 Å². The van der Waals surface area contributed by atoms with E-state index in [1.807, 2.05) is 0 Å². The number of nitrogens with zero attached hydrogens (tertiary/aromatic N) is 1. The summed E-state index contributed by atoms with van der Waals surface area (Å²) in [4.78, 5) is 0. The third-order valence-corrected chi connectivity index (χ3v) is 10.5. The van der Waals surface area contributed by atoms with E-state index in [0.29, 0.717) is 5.92 Å². The number of hydrogen-bond donors (Lipinski definition) is 0. The summed E-state index contributed by atoms with van der Waals surface area (Å²) in [6.45, 7) is 16.2. The molecule has 0 unspecified atom stereocenters. The van der Waals surface area contributed by atoms with Crippen molar-refractivity contribution in [2.75, 3.05) is 0 Å². The average Bonchev–Trinajstić information content (AvgIpc) is 3.26. The Bertz CT molecular complexity index is 1890. The number of hydrogen-bond acceptors (Lipinski definition) is 1. The zero-order valence-electron chi connectivity index (χ0n) is 24.4. The molecule has 6 aromatic rings. The quantitative estimate of drug-likeness (QED) is 0.165. The van der Waals surface area contributed by atoms with Crippen LogP contribution in [0.5, 0.6) is 0 Å². The molecule has 4 aromatic carbocycles. The van der Waals surface area contributed by atoms with Gasteiger partial charge in [0.05, 0.1) is 13.6 Å². The number of aryl methyl sites for hydroxylation is 2. The summed E-state index contributed by atoms with van der Waals surface area (Å²) >= 11 is 0. The van der Waals surface area contributed by atoms with Gasteiger partial charge < -0.3 is 4.42 Å². The van der Waals surface area contributed by atoms with Crippen LogP contribution < -0.4 is 9.75 Å². The van der Waals surface area contributed by atoms with Gasteiger partial charge in [-0.05, 0) is 77.0 Å².